The first kappa shape index (κ1) is 18.6. The van der Waals surface area contributed by atoms with Gasteiger partial charge in [-0.1, -0.05) is 29.4 Å². The summed E-state index contributed by atoms with van der Waals surface area (Å²) in [5, 5.41) is 18.1. The van der Waals surface area contributed by atoms with Gasteiger partial charge in [0, 0.05) is 16.9 Å². The first-order valence-corrected chi connectivity index (χ1v) is 9.16. The van der Waals surface area contributed by atoms with Crippen LogP contribution in [0.1, 0.15) is 5.56 Å². The molecular weight excluding hydrogens is 378 g/mol. The van der Waals surface area contributed by atoms with E-state index in [1.807, 2.05) is 13.0 Å². The van der Waals surface area contributed by atoms with Gasteiger partial charge in [0.05, 0.1) is 18.9 Å². The number of aliphatic hydroxyl groups excluding tert-OH is 1. The highest BCUT2D eigenvalue weighted by Crippen LogP contribution is 2.22. The van der Waals surface area contributed by atoms with Crippen molar-refractivity contribution in [2.45, 2.75) is 6.92 Å². The minimum atomic E-state index is -0.616. The van der Waals surface area contributed by atoms with Gasteiger partial charge < -0.3 is 10.4 Å². The molecule has 0 aliphatic carbocycles. The molecule has 1 unspecified atom stereocenters. The van der Waals surface area contributed by atoms with Gasteiger partial charge in [0.15, 0.2) is 5.17 Å². The minimum Gasteiger partial charge on any atom is -0.394 e. The van der Waals surface area contributed by atoms with Crippen LogP contribution in [0.15, 0.2) is 33.3 Å². The highest BCUT2D eigenvalue weighted by Gasteiger charge is 2.35. The SMILES string of the molecule is Cc1ccc(NC(=O)CSC2=NC(=O)C3C=NN(CCO)C3=N2)cc1Cl. The lowest BCUT2D eigenvalue weighted by Gasteiger charge is -2.19. The third kappa shape index (κ3) is 4.12. The van der Waals surface area contributed by atoms with E-state index in [2.05, 4.69) is 20.4 Å². The zero-order valence-corrected chi connectivity index (χ0v) is 15.4. The molecule has 8 nitrogen and oxygen atoms in total. The van der Waals surface area contributed by atoms with Crippen molar-refractivity contribution in [3.05, 3.63) is 28.8 Å². The molecule has 0 saturated heterocycles. The number of aliphatic imine (C=N–C) groups is 2. The number of carbonyl (C=O) groups excluding carboxylic acids is 2. The zero-order chi connectivity index (χ0) is 18.7. The molecule has 1 aromatic carbocycles. The Kier molecular flexibility index (Phi) is 5.70. The molecule has 0 radical (unpaired) electrons. The van der Waals surface area contributed by atoms with Crippen LogP contribution in [0, 0.1) is 12.8 Å². The largest absolute Gasteiger partial charge is 0.394 e. The number of halogens is 1. The number of rotatable bonds is 5. The standard InChI is InChI=1S/C16H16ClN5O3S/c1-9-2-3-10(6-12(9)17)19-13(24)8-26-16-20-14-11(15(25)21-16)7-18-22(14)4-5-23/h2-3,6-7,11,23H,4-5,8H2,1H3,(H,19,24). The van der Waals surface area contributed by atoms with Crippen molar-refractivity contribution in [1.29, 1.82) is 0 Å². The first-order chi connectivity index (χ1) is 12.5. The van der Waals surface area contributed by atoms with E-state index in [9.17, 15) is 9.59 Å². The maximum absolute atomic E-state index is 12.1. The lowest BCUT2D eigenvalue weighted by molar-refractivity contribution is -0.118. The summed E-state index contributed by atoms with van der Waals surface area (Å²) in [7, 11) is 0. The molecular formula is C16H16ClN5O3S. The van der Waals surface area contributed by atoms with Crippen molar-refractivity contribution in [3.8, 4) is 0 Å². The number of amides is 2. The smallest absolute Gasteiger partial charge is 0.264 e. The second-order valence-corrected chi connectivity index (χ2v) is 6.94. The number of amidine groups is 2. The second-order valence-electron chi connectivity index (χ2n) is 5.59. The molecule has 1 aromatic rings. The summed E-state index contributed by atoms with van der Waals surface area (Å²) in [6.07, 6.45) is 1.45. The Bertz CT molecular complexity index is 839. The fraction of sp³-hybridized carbons (Fsp3) is 0.312. The number of nitrogens with zero attached hydrogens (tertiary/aromatic N) is 4. The zero-order valence-electron chi connectivity index (χ0n) is 13.8. The Morgan fingerprint density at radius 1 is 1.42 bits per heavy atom. The number of hydrogen-bond acceptors (Lipinski definition) is 7. The number of nitrogens with one attached hydrogen (secondary N) is 1. The Balaban J connectivity index is 1.60. The molecule has 0 bridgehead atoms. The highest BCUT2D eigenvalue weighted by molar-refractivity contribution is 8.14. The monoisotopic (exact) mass is 393 g/mol. The summed E-state index contributed by atoms with van der Waals surface area (Å²) in [5.74, 6) is -0.795. The molecule has 2 heterocycles. The molecule has 26 heavy (non-hydrogen) atoms. The van der Waals surface area contributed by atoms with E-state index in [-0.39, 0.29) is 35.9 Å². The molecule has 0 aromatic heterocycles. The minimum absolute atomic E-state index is 0.0416. The van der Waals surface area contributed by atoms with Crippen LogP contribution in [0.4, 0.5) is 5.69 Å². The maximum Gasteiger partial charge on any atom is 0.264 e. The number of carbonyl (C=O) groups is 2. The number of β-amino-alcohol motifs (C(OH)–C–C–N with tert-alkyl or cyclic N) is 1. The fourth-order valence-electron chi connectivity index (χ4n) is 2.35. The van der Waals surface area contributed by atoms with Gasteiger partial charge >= 0.3 is 0 Å². The molecule has 0 spiro atoms. The van der Waals surface area contributed by atoms with Gasteiger partial charge in [0.1, 0.15) is 11.8 Å². The molecule has 10 heteroatoms. The molecule has 0 fully saturated rings. The quantitative estimate of drug-likeness (QED) is 0.788. The van der Waals surface area contributed by atoms with Crippen molar-refractivity contribution in [3.63, 3.8) is 0 Å². The van der Waals surface area contributed by atoms with Crippen LogP contribution < -0.4 is 5.32 Å². The summed E-state index contributed by atoms with van der Waals surface area (Å²) >= 11 is 7.09. The second kappa shape index (κ2) is 7.98. The first-order valence-electron chi connectivity index (χ1n) is 7.80. The van der Waals surface area contributed by atoms with E-state index in [0.29, 0.717) is 16.5 Å². The van der Waals surface area contributed by atoms with Crippen LogP contribution in [0.2, 0.25) is 5.02 Å². The Morgan fingerprint density at radius 2 is 2.23 bits per heavy atom. The van der Waals surface area contributed by atoms with E-state index in [4.69, 9.17) is 16.7 Å². The molecule has 2 aliphatic rings. The van der Waals surface area contributed by atoms with Gasteiger partial charge in [-0.25, -0.2) is 10.0 Å². The van der Waals surface area contributed by atoms with Crippen molar-refractivity contribution in [2.75, 3.05) is 24.2 Å². The van der Waals surface area contributed by atoms with Crippen molar-refractivity contribution < 1.29 is 14.7 Å². The van der Waals surface area contributed by atoms with Crippen LogP contribution in [0.25, 0.3) is 0 Å². The van der Waals surface area contributed by atoms with Crippen LogP contribution in [-0.2, 0) is 9.59 Å². The van der Waals surface area contributed by atoms with E-state index in [1.54, 1.807) is 12.1 Å². The Labute approximate surface area is 159 Å². The lowest BCUT2D eigenvalue weighted by Crippen LogP contribution is -2.35. The van der Waals surface area contributed by atoms with Gasteiger partial charge in [0.25, 0.3) is 5.91 Å². The number of aliphatic hydroxyl groups is 1. The summed E-state index contributed by atoms with van der Waals surface area (Å²) < 4.78 is 0. The number of hydrazone groups is 1. The topological polar surface area (TPSA) is 107 Å². The summed E-state index contributed by atoms with van der Waals surface area (Å²) in [6, 6.07) is 5.25. The van der Waals surface area contributed by atoms with Crippen molar-refractivity contribution >= 4 is 58.1 Å². The highest BCUT2D eigenvalue weighted by atomic mass is 35.5. The van der Waals surface area contributed by atoms with Gasteiger partial charge in [-0.2, -0.15) is 10.1 Å². The molecule has 2 aliphatic heterocycles. The number of thioether (sulfide) groups is 1. The summed E-state index contributed by atoms with van der Waals surface area (Å²) in [5.41, 5.74) is 1.52. The van der Waals surface area contributed by atoms with Crippen LogP contribution in [-0.4, -0.2) is 58.1 Å². The predicted octanol–water partition coefficient (Wildman–Crippen LogP) is 1.52. The third-order valence-corrected chi connectivity index (χ3v) is 4.93. The van der Waals surface area contributed by atoms with E-state index in [1.165, 1.54) is 11.2 Å². The molecule has 3 rings (SSSR count). The predicted molar refractivity (Wildman–Crippen MR) is 103 cm³/mol. The number of anilines is 1. The third-order valence-electron chi connectivity index (χ3n) is 3.68. The number of aryl methyl sites for hydroxylation is 1. The molecule has 1 atom stereocenters. The van der Waals surface area contributed by atoms with Gasteiger partial charge in [-0.15, -0.1) is 0 Å². The molecule has 136 valence electrons. The van der Waals surface area contributed by atoms with Crippen LogP contribution >= 0.6 is 23.4 Å². The average molecular weight is 394 g/mol. The molecule has 2 N–H and O–H groups in total. The molecule has 2 amide bonds. The number of benzene rings is 1. The number of fused-ring (bicyclic) bond motifs is 1. The van der Waals surface area contributed by atoms with E-state index < -0.39 is 5.92 Å². The summed E-state index contributed by atoms with van der Waals surface area (Å²) in [6.45, 7) is 2.01. The van der Waals surface area contributed by atoms with E-state index >= 15 is 0 Å². The Hall–Kier alpha value is -2.23. The van der Waals surface area contributed by atoms with Gasteiger partial charge in [0.2, 0.25) is 5.91 Å². The van der Waals surface area contributed by atoms with E-state index in [0.717, 1.165) is 17.3 Å². The fourth-order valence-corrected chi connectivity index (χ4v) is 3.18. The van der Waals surface area contributed by atoms with Gasteiger partial charge in [-0.05, 0) is 24.6 Å². The summed E-state index contributed by atoms with van der Waals surface area (Å²) in [4.78, 5) is 32.4. The average Bonchev–Trinajstić information content (AvgIpc) is 3.00. The normalized spacial score (nSPS) is 18.5. The van der Waals surface area contributed by atoms with Crippen molar-refractivity contribution in [1.82, 2.24) is 5.01 Å². The lowest BCUT2D eigenvalue weighted by atomic mass is 10.1. The molecule has 0 saturated carbocycles. The maximum atomic E-state index is 12.1. The van der Waals surface area contributed by atoms with Crippen LogP contribution in [0.3, 0.4) is 0 Å². The Morgan fingerprint density at radius 3 is 2.96 bits per heavy atom. The van der Waals surface area contributed by atoms with Gasteiger partial charge in [-0.3, -0.25) is 9.59 Å². The number of hydrogen-bond donors (Lipinski definition) is 2. The van der Waals surface area contributed by atoms with Crippen LogP contribution in [0.5, 0.6) is 0 Å². The van der Waals surface area contributed by atoms with Crippen molar-refractivity contribution in [2.24, 2.45) is 21.0 Å².